The number of hydrogen-bond donors (Lipinski definition) is 1. The van der Waals surface area contributed by atoms with E-state index < -0.39 is 0 Å². The SMILES string of the molecule is C[C@@H]1COC[C@@H](CO)O1. The number of rotatable bonds is 1. The van der Waals surface area contributed by atoms with Crippen molar-refractivity contribution in [1.29, 1.82) is 0 Å². The standard InChI is InChI=1S/C6H12O3/c1-5-3-8-4-6(2-7)9-5/h5-7H,2-4H2,1H3/t5-,6-/m1/s1. The Morgan fingerprint density at radius 1 is 1.56 bits per heavy atom. The highest BCUT2D eigenvalue weighted by Crippen LogP contribution is 2.05. The van der Waals surface area contributed by atoms with Crippen LogP contribution >= 0.6 is 0 Å². The summed E-state index contributed by atoms with van der Waals surface area (Å²) in [5.74, 6) is 0. The van der Waals surface area contributed by atoms with Crippen molar-refractivity contribution in [3.05, 3.63) is 0 Å². The van der Waals surface area contributed by atoms with Gasteiger partial charge in [0.15, 0.2) is 0 Å². The van der Waals surface area contributed by atoms with E-state index in [9.17, 15) is 0 Å². The maximum absolute atomic E-state index is 8.60. The molecule has 1 aliphatic rings. The van der Waals surface area contributed by atoms with Crippen LogP contribution in [-0.2, 0) is 9.47 Å². The number of aliphatic hydroxyl groups is 1. The van der Waals surface area contributed by atoms with Crippen molar-refractivity contribution < 1.29 is 14.6 Å². The lowest BCUT2D eigenvalue weighted by atomic mass is 10.3. The molecule has 1 rings (SSSR count). The third kappa shape index (κ3) is 1.93. The summed E-state index contributed by atoms with van der Waals surface area (Å²) in [6.07, 6.45) is 0.0321. The molecule has 0 spiro atoms. The molecule has 0 aromatic heterocycles. The molecule has 1 saturated heterocycles. The summed E-state index contributed by atoms with van der Waals surface area (Å²) in [7, 11) is 0. The summed E-state index contributed by atoms with van der Waals surface area (Å²) >= 11 is 0. The van der Waals surface area contributed by atoms with E-state index in [0.29, 0.717) is 13.2 Å². The lowest BCUT2D eigenvalue weighted by molar-refractivity contribution is -0.143. The predicted octanol–water partition coefficient (Wildman–Crippen LogP) is -0.217. The van der Waals surface area contributed by atoms with Gasteiger partial charge in [0.2, 0.25) is 0 Å². The summed E-state index contributed by atoms with van der Waals surface area (Å²) in [6, 6.07) is 0. The van der Waals surface area contributed by atoms with Crippen molar-refractivity contribution in [2.75, 3.05) is 19.8 Å². The first-order chi connectivity index (χ1) is 4.33. The molecular formula is C6H12O3. The van der Waals surface area contributed by atoms with Gasteiger partial charge >= 0.3 is 0 Å². The molecule has 0 saturated carbocycles. The number of hydrogen-bond acceptors (Lipinski definition) is 3. The van der Waals surface area contributed by atoms with Crippen molar-refractivity contribution in [3.63, 3.8) is 0 Å². The van der Waals surface area contributed by atoms with Crippen molar-refractivity contribution >= 4 is 0 Å². The van der Waals surface area contributed by atoms with Crippen molar-refractivity contribution in [3.8, 4) is 0 Å². The Labute approximate surface area is 54.6 Å². The van der Waals surface area contributed by atoms with Gasteiger partial charge in [-0.3, -0.25) is 0 Å². The van der Waals surface area contributed by atoms with Crippen LogP contribution in [0, 0.1) is 0 Å². The van der Waals surface area contributed by atoms with Crippen molar-refractivity contribution in [2.24, 2.45) is 0 Å². The van der Waals surface area contributed by atoms with Gasteiger partial charge in [0, 0.05) is 0 Å². The van der Waals surface area contributed by atoms with E-state index in [1.807, 2.05) is 6.92 Å². The van der Waals surface area contributed by atoms with Crippen LogP contribution in [0.15, 0.2) is 0 Å². The Balaban J connectivity index is 2.23. The second kappa shape index (κ2) is 3.15. The molecule has 0 aromatic rings. The largest absolute Gasteiger partial charge is 0.394 e. The van der Waals surface area contributed by atoms with Crippen molar-refractivity contribution in [2.45, 2.75) is 19.1 Å². The van der Waals surface area contributed by atoms with Gasteiger partial charge in [0.05, 0.1) is 25.9 Å². The monoisotopic (exact) mass is 132 g/mol. The minimum absolute atomic E-state index is 0.0599. The average molecular weight is 132 g/mol. The van der Waals surface area contributed by atoms with Crippen LogP contribution < -0.4 is 0 Å². The van der Waals surface area contributed by atoms with Gasteiger partial charge in [-0.05, 0) is 6.92 Å². The normalized spacial score (nSPS) is 36.7. The maximum Gasteiger partial charge on any atom is 0.104 e. The zero-order valence-corrected chi connectivity index (χ0v) is 5.54. The molecule has 0 aliphatic carbocycles. The van der Waals surface area contributed by atoms with Crippen LogP contribution in [0.5, 0.6) is 0 Å². The predicted molar refractivity (Wildman–Crippen MR) is 32.2 cm³/mol. The van der Waals surface area contributed by atoms with Gasteiger partial charge in [-0.1, -0.05) is 0 Å². The highest BCUT2D eigenvalue weighted by Gasteiger charge is 2.17. The Bertz CT molecular complexity index is 84.4. The molecule has 1 heterocycles. The van der Waals surface area contributed by atoms with Gasteiger partial charge in [0.25, 0.3) is 0 Å². The molecular weight excluding hydrogens is 120 g/mol. The van der Waals surface area contributed by atoms with E-state index in [-0.39, 0.29) is 18.8 Å². The van der Waals surface area contributed by atoms with E-state index in [1.54, 1.807) is 0 Å². The molecule has 0 aromatic carbocycles. The van der Waals surface area contributed by atoms with Crippen LogP contribution in [0.3, 0.4) is 0 Å². The van der Waals surface area contributed by atoms with E-state index in [2.05, 4.69) is 0 Å². The molecule has 1 aliphatic heterocycles. The van der Waals surface area contributed by atoms with Gasteiger partial charge in [-0.2, -0.15) is 0 Å². The minimum atomic E-state index is -0.103. The molecule has 2 atom stereocenters. The van der Waals surface area contributed by atoms with Gasteiger partial charge in [-0.15, -0.1) is 0 Å². The number of aliphatic hydroxyl groups excluding tert-OH is 1. The average Bonchev–Trinajstić information content (AvgIpc) is 1.88. The minimum Gasteiger partial charge on any atom is -0.394 e. The Kier molecular flexibility index (Phi) is 2.45. The lowest BCUT2D eigenvalue weighted by Crippen LogP contribution is -2.36. The first-order valence-electron chi connectivity index (χ1n) is 3.17. The van der Waals surface area contributed by atoms with Crippen molar-refractivity contribution in [1.82, 2.24) is 0 Å². The van der Waals surface area contributed by atoms with Gasteiger partial charge in [0.1, 0.15) is 6.10 Å². The topological polar surface area (TPSA) is 38.7 Å². The number of ether oxygens (including phenoxy) is 2. The molecule has 54 valence electrons. The molecule has 1 fully saturated rings. The molecule has 0 amide bonds. The highest BCUT2D eigenvalue weighted by atomic mass is 16.6. The quantitative estimate of drug-likeness (QED) is 0.536. The molecule has 0 unspecified atom stereocenters. The molecule has 1 N–H and O–H groups in total. The summed E-state index contributed by atoms with van der Waals surface area (Å²) in [5, 5.41) is 8.60. The highest BCUT2D eigenvalue weighted by molar-refractivity contribution is 4.62. The fourth-order valence-electron chi connectivity index (χ4n) is 0.868. The van der Waals surface area contributed by atoms with E-state index in [4.69, 9.17) is 14.6 Å². The summed E-state index contributed by atoms with van der Waals surface area (Å²) < 4.78 is 10.4. The fourth-order valence-corrected chi connectivity index (χ4v) is 0.868. The van der Waals surface area contributed by atoms with Crippen LogP contribution in [0.1, 0.15) is 6.92 Å². The van der Waals surface area contributed by atoms with E-state index >= 15 is 0 Å². The van der Waals surface area contributed by atoms with Gasteiger partial charge < -0.3 is 14.6 Å². The second-order valence-electron chi connectivity index (χ2n) is 2.29. The van der Waals surface area contributed by atoms with Crippen LogP contribution in [0.4, 0.5) is 0 Å². The molecule has 3 nitrogen and oxygen atoms in total. The first-order valence-corrected chi connectivity index (χ1v) is 3.17. The Morgan fingerprint density at radius 2 is 2.33 bits per heavy atom. The summed E-state index contributed by atoms with van der Waals surface area (Å²) in [5.41, 5.74) is 0. The Morgan fingerprint density at radius 3 is 2.78 bits per heavy atom. The van der Waals surface area contributed by atoms with Crippen LogP contribution in [-0.4, -0.2) is 37.1 Å². The molecule has 3 heteroatoms. The van der Waals surface area contributed by atoms with Gasteiger partial charge in [-0.25, -0.2) is 0 Å². The smallest absolute Gasteiger partial charge is 0.104 e. The third-order valence-electron chi connectivity index (χ3n) is 1.28. The zero-order chi connectivity index (χ0) is 6.69. The molecule has 9 heavy (non-hydrogen) atoms. The fraction of sp³-hybridized carbons (Fsp3) is 1.00. The van der Waals surface area contributed by atoms with Crippen LogP contribution in [0.25, 0.3) is 0 Å². The zero-order valence-electron chi connectivity index (χ0n) is 5.54. The molecule has 0 bridgehead atoms. The maximum atomic E-state index is 8.60. The summed E-state index contributed by atoms with van der Waals surface area (Å²) in [6.45, 7) is 3.17. The first kappa shape index (κ1) is 6.99. The van der Waals surface area contributed by atoms with E-state index in [1.165, 1.54) is 0 Å². The Hall–Kier alpha value is -0.120. The lowest BCUT2D eigenvalue weighted by Gasteiger charge is -2.26. The third-order valence-corrected chi connectivity index (χ3v) is 1.28. The second-order valence-corrected chi connectivity index (χ2v) is 2.29. The molecule has 0 radical (unpaired) electrons. The summed E-state index contributed by atoms with van der Waals surface area (Å²) in [4.78, 5) is 0. The van der Waals surface area contributed by atoms with Crippen LogP contribution in [0.2, 0.25) is 0 Å². The van der Waals surface area contributed by atoms with E-state index in [0.717, 1.165) is 0 Å².